The van der Waals surface area contributed by atoms with Crippen molar-refractivity contribution in [3.63, 3.8) is 0 Å². The standard InChI is InChI=1S/C19H15NO3S2/c21-17(22)12-15(14-9-5-2-6-10-14)20-18(23)16(25-19(20)24)11-13-7-3-1-4-8-13/h1-11,15H,12H2,(H,21,22)/t15-/m1/s1. The third-order valence-corrected chi connectivity index (χ3v) is 5.12. The maximum atomic E-state index is 12.9. The van der Waals surface area contributed by atoms with Crippen molar-refractivity contribution in [2.45, 2.75) is 12.5 Å². The van der Waals surface area contributed by atoms with Gasteiger partial charge in [0, 0.05) is 0 Å². The lowest BCUT2D eigenvalue weighted by molar-refractivity contribution is -0.138. The van der Waals surface area contributed by atoms with Crippen molar-refractivity contribution in [2.24, 2.45) is 0 Å². The van der Waals surface area contributed by atoms with Crippen LogP contribution in [0.4, 0.5) is 0 Å². The Bertz CT molecular complexity index is 834. The molecule has 1 fully saturated rings. The number of hydrogen-bond acceptors (Lipinski definition) is 4. The molecule has 1 amide bonds. The van der Waals surface area contributed by atoms with E-state index in [0.29, 0.717) is 9.23 Å². The number of carbonyl (C=O) groups excluding carboxylic acids is 1. The highest BCUT2D eigenvalue weighted by molar-refractivity contribution is 8.26. The number of benzene rings is 2. The third kappa shape index (κ3) is 3.97. The summed E-state index contributed by atoms with van der Waals surface area (Å²) in [5, 5.41) is 9.28. The van der Waals surface area contributed by atoms with E-state index in [9.17, 15) is 14.7 Å². The van der Waals surface area contributed by atoms with Gasteiger partial charge in [-0.1, -0.05) is 84.6 Å². The van der Waals surface area contributed by atoms with Crippen LogP contribution in [-0.4, -0.2) is 26.2 Å². The zero-order valence-corrected chi connectivity index (χ0v) is 14.8. The van der Waals surface area contributed by atoms with E-state index in [1.54, 1.807) is 6.08 Å². The number of carboxylic acid groups (broad SMARTS) is 1. The molecule has 4 nitrogen and oxygen atoms in total. The van der Waals surface area contributed by atoms with Gasteiger partial charge in [0.1, 0.15) is 4.32 Å². The number of hydrogen-bond donors (Lipinski definition) is 1. The minimum Gasteiger partial charge on any atom is -0.481 e. The molecule has 1 saturated heterocycles. The second-order valence-electron chi connectivity index (χ2n) is 5.49. The van der Waals surface area contributed by atoms with Gasteiger partial charge in [-0.3, -0.25) is 14.5 Å². The molecule has 3 rings (SSSR count). The van der Waals surface area contributed by atoms with Crippen LogP contribution in [0.25, 0.3) is 6.08 Å². The van der Waals surface area contributed by atoms with Gasteiger partial charge in [-0.05, 0) is 17.2 Å². The first-order valence-electron chi connectivity index (χ1n) is 7.65. The van der Waals surface area contributed by atoms with Crippen LogP contribution in [0, 0.1) is 0 Å². The highest BCUT2D eigenvalue weighted by atomic mass is 32.2. The van der Waals surface area contributed by atoms with Gasteiger partial charge in [-0.2, -0.15) is 0 Å². The maximum Gasteiger partial charge on any atom is 0.305 e. The predicted octanol–water partition coefficient (Wildman–Crippen LogP) is 4.10. The second kappa shape index (κ2) is 7.63. The molecule has 126 valence electrons. The van der Waals surface area contributed by atoms with Crippen LogP contribution in [0.3, 0.4) is 0 Å². The minimum atomic E-state index is -0.977. The molecule has 1 aliphatic rings. The quantitative estimate of drug-likeness (QED) is 0.635. The molecule has 0 bridgehead atoms. The molecule has 2 aromatic carbocycles. The topological polar surface area (TPSA) is 57.6 Å². The highest BCUT2D eigenvalue weighted by Gasteiger charge is 2.38. The molecule has 0 aliphatic carbocycles. The van der Waals surface area contributed by atoms with Crippen molar-refractivity contribution in [1.82, 2.24) is 4.90 Å². The fourth-order valence-corrected chi connectivity index (χ4v) is 4.00. The summed E-state index contributed by atoms with van der Waals surface area (Å²) in [5.41, 5.74) is 1.65. The Labute approximate surface area is 155 Å². The van der Waals surface area contributed by atoms with Gasteiger partial charge in [0.05, 0.1) is 17.4 Å². The molecule has 0 spiro atoms. The Balaban J connectivity index is 1.94. The summed E-state index contributed by atoms with van der Waals surface area (Å²) in [6.07, 6.45) is 1.58. The van der Waals surface area contributed by atoms with E-state index in [2.05, 4.69) is 0 Å². The SMILES string of the molecule is O=C(O)C[C@H](c1ccccc1)N1C(=O)C(=Cc2ccccc2)SC1=S. The van der Waals surface area contributed by atoms with Crippen LogP contribution in [0.15, 0.2) is 65.6 Å². The second-order valence-corrected chi connectivity index (χ2v) is 7.16. The Kier molecular flexibility index (Phi) is 5.31. The molecule has 0 aromatic heterocycles. The van der Waals surface area contributed by atoms with E-state index in [1.807, 2.05) is 60.7 Å². The first-order valence-corrected chi connectivity index (χ1v) is 8.87. The summed E-state index contributed by atoms with van der Waals surface area (Å²) in [7, 11) is 0. The van der Waals surface area contributed by atoms with E-state index in [4.69, 9.17) is 12.2 Å². The zero-order chi connectivity index (χ0) is 17.8. The fourth-order valence-electron chi connectivity index (χ4n) is 2.65. The lowest BCUT2D eigenvalue weighted by atomic mass is 10.0. The first kappa shape index (κ1) is 17.4. The van der Waals surface area contributed by atoms with Crippen LogP contribution in [0.5, 0.6) is 0 Å². The Hall–Kier alpha value is -2.44. The number of thioether (sulfide) groups is 1. The van der Waals surface area contributed by atoms with E-state index in [0.717, 1.165) is 11.1 Å². The third-order valence-electron chi connectivity index (χ3n) is 3.78. The molecule has 1 atom stereocenters. The van der Waals surface area contributed by atoms with Crippen molar-refractivity contribution in [2.75, 3.05) is 0 Å². The van der Waals surface area contributed by atoms with Gasteiger partial charge in [0.25, 0.3) is 5.91 Å². The number of aliphatic carboxylic acids is 1. The Morgan fingerprint density at radius 1 is 1.12 bits per heavy atom. The van der Waals surface area contributed by atoms with Gasteiger partial charge in [0.2, 0.25) is 0 Å². The van der Waals surface area contributed by atoms with E-state index >= 15 is 0 Å². The summed E-state index contributed by atoms with van der Waals surface area (Å²) in [4.78, 5) is 26.1. The number of rotatable bonds is 5. The molecule has 25 heavy (non-hydrogen) atoms. The lowest BCUT2D eigenvalue weighted by Gasteiger charge is -2.26. The maximum absolute atomic E-state index is 12.9. The summed E-state index contributed by atoms with van der Waals surface area (Å²) in [6, 6.07) is 18.0. The van der Waals surface area contributed by atoms with Crippen LogP contribution < -0.4 is 0 Å². The van der Waals surface area contributed by atoms with Crippen LogP contribution in [-0.2, 0) is 9.59 Å². The van der Waals surface area contributed by atoms with Crippen molar-refractivity contribution in [3.8, 4) is 0 Å². The number of thiocarbonyl (C=S) groups is 1. The number of nitrogens with zero attached hydrogens (tertiary/aromatic N) is 1. The largest absolute Gasteiger partial charge is 0.481 e. The first-order chi connectivity index (χ1) is 12.1. The smallest absolute Gasteiger partial charge is 0.305 e. The molecule has 0 radical (unpaired) electrons. The molecule has 1 heterocycles. The van der Waals surface area contributed by atoms with Crippen LogP contribution >= 0.6 is 24.0 Å². The fraction of sp³-hybridized carbons (Fsp3) is 0.105. The van der Waals surface area contributed by atoms with E-state index in [-0.39, 0.29) is 12.3 Å². The van der Waals surface area contributed by atoms with Crippen molar-refractivity contribution in [1.29, 1.82) is 0 Å². The Morgan fingerprint density at radius 2 is 1.72 bits per heavy atom. The molecule has 1 N–H and O–H groups in total. The monoisotopic (exact) mass is 369 g/mol. The van der Waals surface area contributed by atoms with Crippen molar-refractivity contribution in [3.05, 3.63) is 76.7 Å². The molecule has 6 heteroatoms. The number of amides is 1. The average Bonchev–Trinajstić information content (AvgIpc) is 2.88. The van der Waals surface area contributed by atoms with Gasteiger partial charge in [-0.15, -0.1) is 0 Å². The minimum absolute atomic E-state index is 0.199. The van der Waals surface area contributed by atoms with Crippen molar-refractivity contribution >= 4 is 46.3 Å². The lowest BCUT2D eigenvalue weighted by Crippen LogP contribution is -2.34. The molecule has 0 saturated carbocycles. The molecule has 1 aliphatic heterocycles. The van der Waals surface area contributed by atoms with Crippen molar-refractivity contribution < 1.29 is 14.7 Å². The zero-order valence-electron chi connectivity index (χ0n) is 13.2. The number of carbonyl (C=O) groups is 2. The van der Waals surface area contributed by atoms with Gasteiger partial charge >= 0.3 is 5.97 Å². The van der Waals surface area contributed by atoms with Crippen LogP contribution in [0.2, 0.25) is 0 Å². The van der Waals surface area contributed by atoms with E-state index in [1.165, 1.54) is 16.7 Å². The predicted molar refractivity (Wildman–Crippen MR) is 103 cm³/mol. The average molecular weight is 369 g/mol. The summed E-state index contributed by atoms with van der Waals surface area (Å²) in [5.74, 6) is -1.23. The number of carboxylic acids is 1. The van der Waals surface area contributed by atoms with Gasteiger partial charge in [-0.25, -0.2) is 0 Å². The highest BCUT2D eigenvalue weighted by Crippen LogP contribution is 2.39. The summed E-state index contributed by atoms with van der Waals surface area (Å²) < 4.78 is 0.377. The van der Waals surface area contributed by atoms with Crippen LogP contribution in [0.1, 0.15) is 23.6 Å². The van der Waals surface area contributed by atoms with Gasteiger partial charge < -0.3 is 5.11 Å². The molecular formula is C19H15NO3S2. The van der Waals surface area contributed by atoms with E-state index < -0.39 is 12.0 Å². The molecule has 0 unspecified atom stereocenters. The molecule has 2 aromatic rings. The normalized spacial score (nSPS) is 17.1. The summed E-state index contributed by atoms with van der Waals surface area (Å²) in [6.45, 7) is 0. The summed E-state index contributed by atoms with van der Waals surface area (Å²) >= 11 is 6.58. The van der Waals surface area contributed by atoms with Gasteiger partial charge in [0.15, 0.2) is 0 Å². The Morgan fingerprint density at radius 3 is 2.32 bits per heavy atom. The molecular weight excluding hydrogens is 354 g/mol.